The van der Waals surface area contributed by atoms with Crippen molar-refractivity contribution in [2.75, 3.05) is 5.32 Å². The molecule has 0 fully saturated rings. The molecule has 2 N–H and O–H groups in total. The van der Waals surface area contributed by atoms with E-state index < -0.39 is 0 Å². The van der Waals surface area contributed by atoms with Crippen molar-refractivity contribution in [3.8, 4) is 0 Å². The summed E-state index contributed by atoms with van der Waals surface area (Å²) in [6.45, 7) is 10.2. The average Bonchev–Trinajstić information content (AvgIpc) is 2.65. The van der Waals surface area contributed by atoms with Crippen molar-refractivity contribution in [1.82, 2.24) is 9.97 Å². The number of aromatic nitrogens is 2. The number of amides is 1. The standard InChI is InChI=1S/C21H29N3O2S2/c1-6-15-9-8-10-16(7-2)19(15)24-20(26)14(5)28-21-22-17(11-18(25)23-21)12-27-13(3)4/h8-11,13-14H,6-7,12H2,1-5H3,(H,24,26)(H,22,23,25). The lowest BCUT2D eigenvalue weighted by molar-refractivity contribution is -0.115. The maximum absolute atomic E-state index is 12.8. The second-order valence-corrected chi connectivity index (χ2v) is 9.70. The molecule has 1 atom stereocenters. The number of benzene rings is 1. The van der Waals surface area contributed by atoms with Crippen molar-refractivity contribution in [3.05, 3.63) is 51.4 Å². The van der Waals surface area contributed by atoms with Gasteiger partial charge in [-0.3, -0.25) is 9.59 Å². The van der Waals surface area contributed by atoms with E-state index in [1.54, 1.807) is 11.8 Å². The topological polar surface area (TPSA) is 74.8 Å². The molecule has 0 spiro atoms. The third kappa shape index (κ3) is 6.41. The normalized spacial score (nSPS) is 12.2. The van der Waals surface area contributed by atoms with Crippen LogP contribution in [0.4, 0.5) is 5.69 Å². The van der Waals surface area contributed by atoms with E-state index in [-0.39, 0.29) is 16.7 Å². The zero-order chi connectivity index (χ0) is 20.7. The van der Waals surface area contributed by atoms with E-state index in [4.69, 9.17) is 0 Å². The summed E-state index contributed by atoms with van der Waals surface area (Å²) < 4.78 is 0. The number of para-hydroxylation sites is 1. The Bertz CT molecular complexity index is 843. The van der Waals surface area contributed by atoms with Crippen molar-refractivity contribution in [2.24, 2.45) is 0 Å². The Morgan fingerprint density at radius 1 is 1.18 bits per heavy atom. The number of thioether (sulfide) groups is 2. The average molecular weight is 420 g/mol. The molecule has 0 aliphatic rings. The molecule has 1 aromatic heterocycles. The predicted octanol–water partition coefficient (Wildman–Crippen LogP) is 4.66. The van der Waals surface area contributed by atoms with Gasteiger partial charge in [0.2, 0.25) is 5.91 Å². The Morgan fingerprint density at radius 3 is 2.39 bits per heavy atom. The highest BCUT2D eigenvalue weighted by Crippen LogP contribution is 2.26. The van der Waals surface area contributed by atoms with E-state index in [9.17, 15) is 9.59 Å². The smallest absolute Gasteiger partial charge is 0.251 e. The Kier molecular flexibility index (Phi) is 8.63. The quantitative estimate of drug-likeness (QED) is 0.457. The molecular formula is C21H29N3O2S2. The summed E-state index contributed by atoms with van der Waals surface area (Å²) in [5.41, 5.74) is 3.72. The van der Waals surface area contributed by atoms with Crippen molar-refractivity contribution in [1.29, 1.82) is 0 Å². The Balaban J connectivity index is 2.12. The Hall–Kier alpha value is -1.73. The van der Waals surface area contributed by atoms with E-state index in [2.05, 4.69) is 43.0 Å². The molecule has 2 aromatic rings. The number of rotatable bonds is 9. The number of nitrogens with one attached hydrogen (secondary N) is 2. The lowest BCUT2D eigenvalue weighted by Crippen LogP contribution is -2.24. The summed E-state index contributed by atoms with van der Waals surface area (Å²) in [6.07, 6.45) is 1.71. The molecule has 152 valence electrons. The second-order valence-electron chi connectivity index (χ2n) is 6.81. The first-order valence-corrected chi connectivity index (χ1v) is 11.6. The minimum Gasteiger partial charge on any atom is -0.325 e. The van der Waals surface area contributed by atoms with Crippen LogP contribution in [0.1, 0.15) is 51.4 Å². The van der Waals surface area contributed by atoms with Gasteiger partial charge >= 0.3 is 0 Å². The molecule has 28 heavy (non-hydrogen) atoms. The molecule has 1 unspecified atom stereocenters. The van der Waals surface area contributed by atoms with E-state index in [1.165, 1.54) is 17.8 Å². The third-order valence-electron chi connectivity index (χ3n) is 4.24. The molecule has 0 aliphatic heterocycles. The maximum atomic E-state index is 12.8. The van der Waals surface area contributed by atoms with E-state index >= 15 is 0 Å². The largest absolute Gasteiger partial charge is 0.325 e. The lowest BCUT2D eigenvalue weighted by atomic mass is 10.0. The number of anilines is 1. The summed E-state index contributed by atoms with van der Waals surface area (Å²) in [5, 5.41) is 3.65. The molecule has 2 rings (SSSR count). The molecule has 0 radical (unpaired) electrons. The van der Waals surface area contributed by atoms with Crippen molar-refractivity contribution < 1.29 is 4.79 Å². The van der Waals surface area contributed by atoms with Crippen LogP contribution >= 0.6 is 23.5 Å². The molecule has 1 amide bonds. The van der Waals surface area contributed by atoms with E-state index in [1.807, 2.05) is 25.1 Å². The molecule has 0 aliphatic carbocycles. The summed E-state index contributed by atoms with van der Waals surface area (Å²) in [4.78, 5) is 32.0. The van der Waals surface area contributed by atoms with Crippen LogP contribution in [-0.4, -0.2) is 26.4 Å². The fourth-order valence-corrected chi connectivity index (χ4v) is 4.20. The van der Waals surface area contributed by atoms with Gasteiger partial charge in [0.05, 0.1) is 10.9 Å². The van der Waals surface area contributed by atoms with Crippen LogP contribution in [0.5, 0.6) is 0 Å². The first kappa shape index (κ1) is 22.6. The van der Waals surface area contributed by atoms with Crippen molar-refractivity contribution >= 4 is 35.1 Å². The van der Waals surface area contributed by atoms with Gasteiger partial charge < -0.3 is 10.3 Å². The lowest BCUT2D eigenvalue weighted by Gasteiger charge is -2.17. The third-order valence-corrected chi connectivity index (χ3v) is 6.36. The van der Waals surface area contributed by atoms with Crippen LogP contribution in [0.15, 0.2) is 34.2 Å². The zero-order valence-electron chi connectivity index (χ0n) is 17.2. The Labute approximate surface area is 175 Å². The fraction of sp³-hybridized carbons (Fsp3) is 0.476. The van der Waals surface area contributed by atoms with Crippen LogP contribution < -0.4 is 10.9 Å². The van der Waals surface area contributed by atoms with Crippen LogP contribution in [0, 0.1) is 0 Å². The number of carbonyl (C=O) groups excluding carboxylic acids is 1. The molecule has 1 heterocycles. The van der Waals surface area contributed by atoms with Gasteiger partial charge in [-0.1, -0.05) is 57.7 Å². The summed E-state index contributed by atoms with van der Waals surface area (Å²) in [5.74, 6) is 0.588. The van der Waals surface area contributed by atoms with Crippen molar-refractivity contribution in [3.63, 3.8) is 0 Å². The van der Waals surface area contributed by atoms with Gasteiger partial charge in [0.15, 0.2) is 5.16 Å². The second kappa shape index (κ2) is 10.7. The SMILES string of the molecule is CCc1cccc(CC)c1NC(=O)C(C)Sc1nc(CSC(C)C)cc(=O)[nH]1. The van der Waals surface area contributed by atoms with Crippen LogP contribution in [0.3, 0.4) is 0 Å². The predicted molar refractivity (Wildman–Crippen MR) is 120 cm³/mol. The highest BCUT2D eigenvalue weighted by molar-refractivity contribution is 8.00. The van der Waals surface area contributed by atoms with E-state index in [0.29, 0.717) is 16.2 Å². The number of nitrogens with zero attached hydrogens (tertiary/aromatic N) is 1. The van der Waals surface area contributed by atoms with Crippen molar-refractivity contribution in [2.45, 2.75) is 68.9 Å². The van der Waals surface area contributed by atoms with Crippen LogP contribution in [0.2, 0.25) is 0 Å². The highest BCUT2D eigenvalue weighted by Gasteiger charge is 2.19. The molecule has 1 aromatic carbocycles. The highest BCUT2D eigenvalue weighted by atomic mass is 32.2. The fourth-order valence-electron chi connectivity index (χ4n) is 2.71. The first-order chi connectivity index (χ1) is 13.3. The van der Waals surface area contributed by atoms with Gasteiger partial charge in [0.25, 0.3) is 5.56 Å². The Morgan fingerprint density at radius 2 is 1.82 bits per heavy atom. The summed E-state index contributed by atoms with van der Waals surface area (Å²) in [6, 6.07) is 7.64. The van der Waals surface area contributed by atoms with Gasteiger partial charge in [-0.25, -0.2) is 4.98 Å². The van der Waals surface area contributed by atoms with Crippen LogP contribution in [0.25, 0.3) is 0 Å². The number of aromatic amines is 1. The van der Waals surface area contributed by atoms with Gasteiger partial charge in [0, 0.05) is 17.5 Å². The summed E-state index contributed by atoms with van der Waals surface area (Å²) in [7, 11) is 0. The number of hydrogen-bond acceptors (Lipinski definition) is 5. The molecular weight excluding hydrogens is 390 g/mol. The number of hydrogen-bond donors (Lipinski definition) is 2. The minimum atomic E-state index is -0.384. The van der Waals surface area contributed by atoms with Gasteiger partial charge in [0.1, 0.15) is 0 Å². The molecule has 7 heteroatoms. The van der Waals surface area contributed by atoms with Gasteiger partial charge in [-0.2, -0.15) is 11.8 Å². The maximum Gasteiger partial charge on any atom is 0.251 e. The molecule has 0 saturated carbocycles. The number of carbonyl (C=O) groups is 1. The number of aryl methyl sites for hydroxylation is 2. The van der Waals surface area contributed by atoms with Gasteiger partial charge in [-0.15, -0.1) is 0 Å². The first-order valence-electron chi connectivity index (χ1n) is 9.64. The zero-order valence-corrected chi connectivity index (χ0v) is 18.8. The minimum absolute atomic E-state index is 0.0924. The molecule has 5 nitrogen and oxygen atoms in total. The number of H-pyrrole nitrogens is 1. The van der Waals surface area contributed by atoms with E-state index in [0.717, 1.165) is 35.3 Å². The molecule has 0 saturated heterocycles. The van der Waals surface area contributed by atoms with Crippen LogP contribution in [-0.2, 0) is 23.4 Å². The van der Waals surface area contributed by atoms with Gasteiger partial charge in [-0.05, 0) is 36.1 Å². The summed E-state index contributed by atoms with van der Waals surface area (Å²) >= 11 is 3.01. The monoisotopic (exact) mass is 419 g/mol. The molecule has 0 bridgehead atoms.